The number of aryl methyl sites for hydroxylation is 1. The van der Waals surface area contributed by atoms with Crippen molar-refractivity contribution < 1.29 is 14.4 Å². The van der Waals surface area contributed by atoms with Crippen LogP contribution in [0, 0.1) is 12.8 Å². The molecule has 1 aliphatic carbocycles. The largest absolute Gasteiger partial charge is 0.348 e. The van der Waals surface area contributed by atoms with Crippen molar-refractivity contribution >= 4 is 23.4 Å². The quantitative estimate of drug-likeness (QED) is 0.617. The first-order valence-electron chi connectivity index (χ1n) is 11.0. The zero-order chi connectivity index (χ0) is 22.2. The number of para-hydroxylation sites is 1. The molecule has 3 N–H and O–H groups in total. The third-order valence-electron chi connectivity index (χ3n) is 5.92. The minimum Gasteiger partial charge on any atom is -0.348 e. The van der Waals surface area contributed by atoms with Crippen LogP contribution in [0.4, 0.5) is 5.69 Å². The van der Waals surface area contributed by atoms with Gasteiger partial charge in [0.1, 0.15) is 0 Å². The average Bonchev–Trinajstić information content (AvgIpc) is 2.78. The predicted octanol–water partition coefficient (Wildman–Crippen LogP) is 3.95. The molecule has 3 amide bonds. The van der Waals surface area contributed by atoms with Gasteiger partial charge in [0, 0.05) is 12.6 Å². The van der Waals surface area contributed by atoms with Crippen LogP contribution in [-0.2, 0) is 16.1 Å². The number of carbonyl (C=O) groups is 3. The van der Waals surface area contributed by atoms with Crippen LogP contribution >= 0.6 is 0 Å². The summed E-state index contributed by atoms with van der Waals surface area (Å²) in [6, 6.07) is 14.6. The summed E-state index contributed by atoms with van der Waals surface area (Å²) in [6.45, 7) is 4.56. The lowest BCUT2D eigenvalue weighted by Crippen LogP contribution is -2.43. The highest BCUT2D eigenvalue weighted by Crippen LogP contribution is 2.26. The van der Waals surface area contributed by atoms with Crippen LogP contribution in [0.5, 0.6) is 0 Å². The third kappa shape index (κ3) is 6.41. The highest BCUT2D eigenvalue weighted by Gasteiger charge is 2.24. The smallest absolute Gasteiger partial charge is 0.313 e. The highest BCUT2D eigenvalue weighted by molar-refractivity contribution is 6.40. The van der Waals surface area contributed by atoms with Crippen LogP contribution in [-0.4, -0.2) is 23.8 Å². The van der Waals surface area contributed by atoms with E-state index in [1.165, 1.54) is 0 Å². The van der Waals surface area contributed by atoms with E-state index in [4.69, 9.17) is 0 Å². The number of rotatable bonds is 6. The van der Waals surface area contributed by atoms with Gasteiger partial charge in [-0.1, -0.05) is 55.3 Å². The van der Waals surface area contributed by atoms with Gasteiger partial charge < -0.3 is 16.0 Å². The van der Waals surface area contributed by atoms with Crippen molar-refractivity contribution in [3.05, 3.63) is 65.2 Å². The monoisotopic (exact) mass is 421 g/mol. The fourth-order valence-corrected chi connectivity index (χ4v) is 4.03. The second-order valence-electron chi connectivity index (χ2n) is 8.27. The Hall–Kier alpha value is -3.15. The first-order valence-corrected chi connectivity index (χ1v) is 11.0. The molecular formula is C25H31N3O3. The number of benzene rings is 2. The number of anilines is 1. The fraction of sp³-hybridized carbons (Fsp3) is 0.400. The molecule has 0 heterocycles. The molecule has 3 rings (SSSR count). The summed E-state index contributed by atoms with van der Waals surface area (Å²) in [5.41, 5.74) is 2.75. The molecule has 2 aromatic carbocycles. The van der Waals surface area contributed by atoms with Crippen LogP contribution in [0.1, 0.15) is 60.5 Å². The van der Waals surface area contributed by atoms with Gasteiger partial charge in [-0.25, -0.2) is 0 Å². The Kier molecular flexibility index (Phi) is 7.82. The minimum absolute atomic E-state index is 0.0360. The molecule has 6 heteroatoms. The molecule has 0 saturated heterocycles. The number of hydrogen-bond acceptors (Lipinski definition) is 3. The van der Waals surface area contributed by atoms with E-state index in [9.17, 15) is 14.4 Å². The van der Waals surface area contributed by atoms with E-state index in [0.717, 1.165) is 43.2 Å². The zero-order valence-corrected chi connectivity index (χ0v) is 18.2. The summed E-state index contributed by atoms with van der Waals surface area (Å²) in [5.74, 6) is -1.01. The van der Waals surface area contributed by atoms with Crippen LogP contribution in [0.15, 0.2) is 48.5 Å². The molecule has 6 nitrogen and oxygen atoms in total. The second kappa shape index (κ2) is 10.8. The van der Waals surface area contributed by atoms with E-state index in [-0.39, 0.29) is 11.9 Å². The van der Waals surface area contributed by atoms with Crippen LogP contribution in [0.2, 0.25) is 0 Å². The summed E-state index contributed by atoms with van der Waals surface area (Å²) in [4.78, 5) is 37.5. The predicted molar refractivity (Wildman–Crippen MR) is 122 cm³/mol. The maximum absolute atomic E-state index is 12.7. The van der Waals surface area contributed by atoms with Gasteiger partial charge in [0.15, 0.2) is 0 Å². The van der Waals surface area contributed by atoms with Crippen molar-refractivity contribution in [3.8, 4) is 0 Å². The molecule has 0 spiro atoms. The highest BCUT2D eigenvalue weighted by atomic mass is 16.2. The topological polar surface area (TPSA) is 87.3 Å². The first kappa shape index (κ1) is 22.5. The molecule has 1 fully saturated rings. The molecule has 1 saturated carbocycles. The molecular weight excluding hydrogens is 390 g/mol. The van der Waals surface area contributed by atoms with Crippen molar-refractivity contribution in [1.82, 2.24) is 10.6 Å². The summed E-state index contributed by atoms with van der Waals surface area (Å²) in [6.07, 6.45) is 5.11. The number of hydrogen-bond donors (Lipinski definition) is 3. The summed E-state index contributed by atoms with van der Waals surface area (Å²) >= 11 is 0. The Balaban J connectivity index is 1.57. The Morgan fingerprint density at radius 2 is 1.68 bits per heavy atom. The average molecular weight is 422 g/mol. The molecule has 31 heavy (non-hydrogen) atoms. The maximum Gasteiger partial charge on any atom is 0.313 e. The Labute approximate surface area is 183 Å². The first-order chi connectivity index (χ1) is 15.0. The molecule has 2 aromatic rings. The standard InChI is InChI=1S/C25H31N3O3/c1-3-18-11-13-20(14-12-18)27-24(30)25(31)28-22-10-5-4-9-21(22)23(29)26-16-19-8-6-7-17(2)15-19/h4-10,15,18,20H,3,11-14,16H2,1-2H3,(H,26,29)(H,27,30)(H,28,31). The normalized spacial score (nSPS) is 18.1. The SMILES string of the molecule is CCC1CCC(NC(=O)C(=O)Nc2ccccc2C(=O)NCc2cccc(C)c2)CC1. The minimum atomic E-state index is -0.753. The van der Waals surface area contributed by atoms with Gasteiger partial charge in [-0.15, -0.1) is 0 Å². The van der Waals surface area contributed by atoms with Crippen molar-refractivity contribution in [1.29, 1.82) is 0 Å². The van der Waals surface area contributed by atoms with Gasteiger partial charge >= 0.3 is 11.8 Å². The van der Waals surface area contributed by atoms with E-state index in [1.807, 2.05) is 31.2 Å². The van der Waals surface area contributed by atoms with Crippen molar-refractivity contribution in [2.75, 3.05) is 5.32 Å². The van der Waals surface area contributed by atoms with Crippen molar-refractivity contribution in [2.45, 2.75) is 58.5 Å². The zero-order valence-electron chi connectivity index (χ0n) is 18.2. The Morgan fingerprint density at radius 1 is 0.935 bits per heavy atom. The third-order valence-corrected chi connectivity index (χ3v) is 5.92. The van der Waals surface area contributed by atoms with Crippen molar-refractivity contribution in [2.24, 2.45) is 5.92 Å². The molecule has 1 aliphatic rings. The number of amides is 3. The number of nitrogens with one attached hydrogen (secondary N) is 3. The molecule has 0 unspecified atom stereocenters. The molecule has 0 aliphatic heterocycles. The van der Waals surface area contributed by atoms with E-state index < -0.39 is 11.8 Å². The molecule has 0 radical (unpaired) electrons. The molecule has 0 aromatic heterocycles. The van der Waals surface area contributed by atoms with Gasteiger partial charge in [0.05, 0.1) is 11.3 Å². The van der Waals surface area contributed by atoms with E-state index in [2.05, 4.69) is 22.9 Å². The van der Waals surface area contributed by atoms with Crippen molar-refractivity contribution in [3.63, 3.8) is 0 Å². The lowest BCUT2D eigenvalue weighted by atomic mass is 9.84. The van der Waals surface area contributed by atoms with Gasteiger partial charge in [-0.2, -0.15) is 0 Å². The van der Waals surface area contributed by atoms with Crippen LogP contribution in [0.25, 0.3) is 0 Å². The summed E-state index contributed by atoms with van der Waals surface area (Å²) in [5, 5.41) is 8.30. The lowest BCUT2D eigenvalue weighted by Gasteiger charge is -2.28. The van der Waals surface area contributed by atoms with Gasteiger partial charge in [-0.3, -0.25) is 14.4 Å². The lowest BCUT2D eigenvalue weighted by molar-refractivity contribution is -0.136. The maximum atomic E-state index is 12.7. The van der Waals surface area contributed by atoms with Gasteiger partial charge in [0.2, 0.25) is 0 Å². The van der Waals surface area contributed by atoms with E-state index in [0.29, 0.717) is 23.7 Å². The second-order valence-corrected chi connectivity index (χ2v) is 8.27. The molecule has 0 atom stereocenters. The van der Waals surface area contributed by atoms with Crippen LogP contribution in [0.3, 0.4) is 0 Å². The summed E-state index contributed by atoms with van der Waals surface area (Å²) < 4.78 is 0. The number of carbonyl (C=O) groups excluding carboxylic acids is 3. The fourth-order valence-electron chi connectivity index (χ4n) is 4.03. The Morgan fingerprint density at radius 3 is 2.39 bits per heavy atom. The molecule has 0 bridgehead atoms. The Bertz CT molecular complexity index is 933. The van der Waals surface area contributed by atoms with E-state index in [1.54, 1.807) is 24.3 Å². The van der Waals surface area contributed by atoms with Gasteiger partial charge in [-0.05, 0) is 56.2 Å². The summed E-state index contributed by atoms with van der Waals surface area (Å²) in [7, 11) is 0. The van der Waals surface area contributed by atoms with E-state index >= 15 is 0 Å². The van der Waals surface area contributed by atoms with Crippen LogP contribution < -0.4 is 16.0 Å². The molecule has 164 valence electrons. The van der Waals surface area contributed by atoms with Gasteiger partial charge in [0.25, 0.3) is 5.91 Å².